The number of aromatic nitrogens is 3. The maximum Gasteiger partial charge on any atom is 0.172 e. The standard InChI is InChI=1S/C16H12N4S/c17-11-13-1-3-15(4-2-13)20-10-9-19-16(20)21-12-14-5-7-18-8-6-14/h1-10H,12H2. The highest BCUT2D eigenvalue weighted by Crippen LogP contribution is 2.23. The lowest BCUT2D eigenvalue weighted by molar-refractivity contribution is 0.895. The Kier molecular flexibility index (Phi) is 3.99. The molecule has 0 aliphatic carbocycles. The van der Waals surface area contributed by atoms with Gasteiger partial charge in [0.2, 0.25) is 0 Å². The molecule has 0 spiro atoms. The molecule has 0 aliphatic heterocycles. The predicted octanol–water partition coefficient (Wildman–Crippen LogP) is 3.43. The summed E-state index contributed by atoms with van der Waals surface area (Å²) in [7, 11) is 0. The zero-order valence-corrected chi connectivity index (χ0v) is 12.0. The van der Waals surface area contributed by atoms with Crippen LogP contribution in [-0.2, 0) is 5.75 Å². The number of imidazole rings is 1. The molecule has 0 aliphatic rings. The number of hydrogen-bond acceptors (Lipinski definition) is 4. The first-order valence-corrected chi connectivity index (χ1v) is 7.41. The Hall–Kier alpha value is -2.58. The first kappa shape index (κ1) is 13.4. The average Bonchev–Trinajstić information content (AvgIpc) is 3.02. The topological polar surface area (TPSA) is 54.5 Å². The van der Waals surface area contributed by atoms with Crippen molar-refractivity contribution >= 4 is 11.8 Å². The van der Waals surface area contributed by atoms with E-state index in [0.29, 0.717) is 5.56 Å². The van der Waals surface area contributed by atoms with Gasteiger partial charge in [0.25, 0.3) is 0 Å². The van der Waals surface area contributed by atoms with Crippen LogP contribution in [0.3, 0.4) is 0 Å². The van der Waals surface area contributed by atoms with Gasteiger partial charge in [0, 0.05) is 36.2 Å². The molecule has 0 atom stereocenters. The monoisotopic (exact) mass is 292 g/mol. The van der Waals surface area contributed by atoms with E-state index < -0.39 is 0 Å². The zero-order valence-electron chi connectivity index (χ0n) is 11.2. The van der Waals surface area contributed by atoms with Gasteiger partial charge in [0.1, 0.15) is 0 Å². The van der Waals surface area contributed by atoms with Crippen LogP contribution in [0, 0.1) is 11.3 Å². The Balaban J connectivity index is 1.79. The van der Waals surface area contributed by atoms with Crippen molar-refractivity contribution in [2.45, 2.75) is 10.9 Å². The Bertz CT molecular complexity index is 757. The van der Waals surface area contributed by atoms with Gasteiger partial charge in [-0.2, -0.15) is 5.26 Å². The molecular weight excluding hydrogens is 280 g/mol. The fourth-order valence-electron chi connectivity index (χ4n) is 1.92. The molecule has 0 saturated heterocycles. The van der Waals surface area contributed by atoms with Crippen LogP contribution in [0.25, 0.3) is 5.69 Å². The Labute approximate surface area is 127 Å². The molecule has 2 aromatic heterocycles. The highest BCUT2D eigenvalue weighted by atomic mass is 32.2. The normalized spacial score (nSPS) is 10.2. The number of benzene rings is 1. The number of rotatable bonds is 4. The molecule has 3 rings (SSSR count). The molecule has 21 heavy (non-hydrogen) atoms. The molecule has 0 saturated carbocycles. The first-order valence-electron chi connectivity index (χ1n) is 6.42. The summed E-state index contributed by atoms with van der Waals surface area (Å²) in [6.45, 7) is 0. The van der Waals surface area contributed by atoms with Gasteiger partial charge >= 0.3 is 0 Å². The van der Waals surface area contributed by atoms with Crippen molar-refractivity contribution in [3.05, 3.63) is 72.3 Å². The third kappa shape index (κ3) is 3.12. The molecule has 0 fully saturated rings. The van der Waals surface area contributed by atoms with Gasteiger partial charge in [-0.3, -0.25) is 9.55 Å². The van der Waals surface area contributed by atoms with Crippen LogP contribution >= 0.6 is 11.8 Å². The number of nitrogens with zero attached hydrogens (tertiary/aromatic N) is 4. The molecule has 0 bridgehead atoms. The van der Waals surface area contributed by atoms with E-state index in [1.54, 1.807) is 30.4 Å². The van der Waals surface area contributed by atoms with Gasteiger partial charge in [-0.25, -0.2) is 4.98 Å². The summed E-state index contributed by atoms with van der Waals surface area (Å²) < 4.78 is 2.02. The van der Waals surface area contributed by atoms with E-state index in [1.807, 2.05) is 47.2 Å². The molecule has 0 amide bonds. The zero-order chi connectivity index (χ0) is 14.5. The summed E-state index contributed by atoms with van der Waals surface area (Å²) in [5, 5.41) is 9.77. The number of pyridine rings is 1. The molecule has 0 N–H and O–H groups in total. The maximum atomic E-state index is 8.85. The van der Waals surface area contributed by atoms with Gasteiger partial charge in [-0.1, -0.05) is 11.8 Å². The van der Waals surface area contributed by atoms with E-state index in [1.165, 1.54) is 5.56 Å². The van der Waals surface area contributed by atoms with Crippen molar-refractivity contribution in [3.8, 4) is 11.8 Å². The van der Waals surface area contributed by atoms with E-state index in [4.69, 9.17) is 5.26 Å². The molecule has 102 valence electrons. The second-order valence-electron chi connectivity index (χ2n) is 4.38. The maximum absolute atomic E-state index is 8.85. The molecular formula is C16H12N4S. The molecule has 0 radical (unpaired) electrons. The first-order chi connectivity index (χ1) is 10.4. The second-order valence-corrected chi connectivity index (χ2v) is 5.33. The smallest absolute Gasteiger partial charge is 0.172 e. The molecule has 4 nitrogen and oxygen atoms in total. The largest absolute Gasteiger partial charge is 0.295 e. The van der Waals surface area contributed by atoms with Gasteiger partial charge in [-0.15, -0.1) is 0 Å². The fraction of sp³-hybridized carbons (Fsp3) is 0.0625. The van der Waals surface area contributed by atoms with Gasteiger partial charge in [0.15, 0.2) is 5.16 Å². The van der Waals surface area contributed by atoms with Crippen molar-refractivity contribution < 1.29 is 0 Å². The summed E-state index contributed by atoms with van der Waals surface area (Å²) >= 11 is 1.67. The fourth-order valence-corrected chi connectivity index (χ4v) is 2.85. The lowest BCUT2D eigenvalue weighted by Crippen LogP contribution is -1.95. The number of thioether (sulfide) groups is 1. The highest BCUT2D eigenvalue weighted by Gasteiger charge is 2.06. The molecule has 3 aromatic rings. The molecule has 1 aromatic carbocycles. The van der Waals surface area contributed by atoms with Crippen molar-refractivity contribution in [2.24, 2.45) is 0 Å². The van der Waals surface area contributed by atoms with E-state index in [0.717, 1.165) is 16.6 Å². The van der Waals surface area contributed by atoms with Crippen LogP contribution in [0.2, 0.25) is 0 Å². The minimum Gasteiger partial charge on any atom is -0.295 e. The Morgan fingerprint density at radius 3 is 2.52 bits per heavy atom. The Morgan fingerprint density at radius 2 is 1.81 bits per heavy atom. The highest BCUT2D eigenvalue weighted by molar-refractivity contribution is 7.98. The van der Waals surface area contributed by atoms with Crippen LogP contribution < -0.4 is 0 Å². The molecule has 0 unspecified atom stereocenters. The molecule has 2 heterocycles. The third-order valence-electron chi connectivity index (χ3n) is 3.00. The second kappa shape index (κ2) is 6.25. The molecule has 5 heteroatoms. The van der Waals surface area contributed by atoms with E-state index >= 15 is 0 Å². The van der Waals surface area contributed by atoms with Crippen LogP contribution in [0.1, 0.15) is 11.1 Å². The van der Waals surface area contributed by atoms with Crippen molar-refractivity contribution in [2.75, 3.05) is 0 Å². The van der Waals surface area contributed by atoms with Crippen LogP contribution in [-0.4, -0.2) is 14.5 Å². The van der Waals surface area contributed by atoms with E-state index in [9.17, 15) is 0 Å². The quantitative estimate of drug-likeness (QED) is 0.691. The minimum absolute atomic E-state index is 0.657. The number of hydrogen-bond donors (Lipinski definition) is 0. The lowest BCUT2D eigenvalue weighted by Gasteiger charge is -2.07. The predicted molar refractivity (Wildman–Crippen MR) is 82.1 cm³/mol. The number of nitriles is 1. The van der Waals surface area contributed by atoms with Crippen molar-refractivity contribution in [1.29, 1.82) is 5.26 Å². The average molecular weight is 292 g/mol. The summed E-state index contributed by atoms with van der Waals surface area (Å²) in [5.74, 6) is 0.843. The van der Waals surface area contributed by atoms with Crippen LogP contribution in [0.4, 0.5) is 0 Å². The summed E-state index contributed by atoms with van der Waals surface area (Å²) in [6, 6.07) is 13.6. The van der Waals surface area contributed by atoms with Crippen LogP contribution in [0.5, 0.6) is 0 Å². The van der Waals surface area contributed by atoms with E-state index in [-0.39, 0.29) is 0 Å². The van der Waals surface area contributed by atoms with Gasteiger partial charge in [-0.05, 0) is 42.0 Å². The van der Waals surface area contributed by atoms with Crippen LogP contribution in [0.15, 0.2) is 66.3 Å². The van der Waals surface area contributed by atoms with Gasteiger partial charge in [0.05, 0.1) is 11.6 Å². The Morgan fingerprint density at radius 1 is 1.05 bits per heavy atom. The summed E-state index contributed by atoms with van der Waals surface area (Å²) in [4.78, 5) is 8.41. The summed E-state index contributed by atoms with van der Waals surface area (Å²) in [5.41, 5.74) is 2.87. The van der Waals surface area contributed by atoms with Gasteiger partial charge < -0.3 is 0 Å². The minimum atomic E-state index is 0.657. The SMILES string of the molecule is N#Cc1ccc(-n2ccnc2SCc2ccncc2)cc1. The van der Waals surface area contributed by atoms with E-state index in [2.05, 4.69) is 16.0 Å². The lowest BCUT2D eigenvalue weighted by atomic mass is 10.2. The summed E-state index contributed by atoms with van der Waals surface area (Å²) in [6.07, 6.45) is 7.30. The third-order valence-corrected chi connectivity index (χ3v) is 4.04. The van der Waals surface area contributed by atoms with Crippen molar-refractivity contribution in [1.82, 2.24) is 14.5 Å². The van der Waals surface area contributed by atoms with Crippen molar-refractivity contribution in [3.63, 3.8) is 0 Å².